The van der Waals surface area contributed by atoms with Crippen molar-refractivity contribution in [2.45, 2.75) is 43.9 Å². The number of rotatable bonds is 7. The molecule has 1 amide bonds. The zero-order valence-electron chi connectivity index (χ0n) is 14.9. The van der Waals surface area contributed by atoms with Crippen molar-refractivity contribution in [1.29, 1.82) is 0 Å². The molecule has 27 heavy (non-hydrogen) atoms. The fourth-order valence-electron chi connectivity index (χ4n) is 2.81. The van der Waals surface area contributed by atoms with E-state index in [2.05, 4.69) is 38.4 Å². The first-order valence-electron chi connectivity index (χ1n) is 8.85. The molecule has 0 saturated carbocycles. The number of anilines is 1. The number of carbonyl (C=O) groups is 1. The summed E-state index contributed by atoms with van der Waals surface area (Å²) in [7, 11) is -3.58. The van der Waals surface area contributed by atoms with Crippen LogP contribution in [-0.2, 0) is 16.4 Å². The number of nitrogens with zero attached hydrogens (tertiary/aromatic N) is 3. The van der Waals surface area contributed by atoms with Gasteiger partial charge in [-0.15, -0.1) is 10.2 Å². The number of aryl methyl sites for hydroxylation is 1. The maximum absolute atomic E-state index is 12.7. The zero-order chi connectivity index (χ0) is 19.4. The minimum Gasteiger partial charge on any atom is -0.296 e. The van der Waals surface area contributed by atoms with Crippen LogP contribution in [0, 0.1) is 0 Å². The van der Waals surface area contributed by atoms with E-state index in [9.17, 15) is 13.2 Å². The van der Waals surface area contributed by atoms with Gasteiger partial charge in [0.25, 0.3) is 5.91 Å². The van der Waals surface area contributed by atoms with Crippen molar-refractivity contribution < 1.29 is 13.2 Å². The van der Waals surface area contributed by atoms with Crippen LogP contribution in [0.3, 0.4) is 0 Å². The van der Waals surface area contributed by atoms with Crippen LogP contribution < -0.4 is 5.32 Å². The summed E-state index contributed by atoms with van der Waals surface area (Å²) < 4.78 is 27.5. The van der Waals surface area contributed by atoms with Gasteiger partial charge in [0, 0.05) is 24.0 Å². The van der Waals surface area contributed by atoms with E-state index in [1.54, 1.807) is 6.07 Å². The van der Waals surface area contributed by atoms with E-state index in [1.807, 2.05) is 0 Å². The molecule has 2 heterocycles. The van der Waals surface area contributed by atoms with Crippen molar-refractivity contribution in [3.8, 4) is 0 Å². The number of halogens is 1. The number of unbranched alkanes of at least 4 members (excludes halogenated alkanes) is 1. The summed E-state index contributed by atoms with van der Waals surface area (Å²) in [5, 5.41) is 12.1. The van der Waals surface area contributed by atoms with E-state index in [0.29, 0.717) is 22.7 Å². The molecule has 1 aromatic heterocycles. The van der Waals surface area contributed by atoms with Gasteiger partial charge in [-0.2, -0.15) is 4.31 Å². The van der Waals surface area contributed by atoms with Crippen LogP contribution in [0.2, 0.25) is 0 Å². The first kappa shape index (κ1) is 20.4. The first-order valence-corrected chi connectivity index (χ1v) is 11.9. The highest BCUT2D eigenvalue weighted by molar-refractivity contribution is 9.10. The molecular weight excluding hydrogens is 452 g/mol. The Hall–Kier alpha value is -1.36. The molecule has 1 aromatic carbocycles. The molecular formula is C17H21BrN4O3S2. The lowest BCUT2D eigenvalue weighted by Gasteiger charge is -2.16. The quantitative estimate of drug-likeness (QED) is 0.663. The van der Waals surface area contributed by atoms with Gasteiger partial charge < -0.3 is 0 Å². The van der Waals surface area contributed by atoms with Crippen LogP contribution in [0.15, 0.2) is 27.6 Å². The third kappa shape index (κ3) is 4.74. The van der Waals surface area contributed by atoms with Gasteiger partial charge >= 0.3 is 0 Å². The topological polar surface area (TPSA) is 92.3 Å². The van der Waals surface area contributed by atoms with Gasteiger partial charge in [0.1, 0.15) is 5.01 Å². The van der Waals surface area contributed by atoms with E-state index in [0.717, 1.165) is 37.1 Å². The predicted octanol–water partition coefficient (Wildman–Crippen LogP) is 3.68. The average molecular weight is 473 g/mol. The highest BCUT2D eigenvalue weighted by Crippen LogP contribution is 2.27. The summed E-state index contributed by atoms with van der Waals surface area (Å²) in [6.07, 6.45) is 4.63. The van der Waals surface area contributed by atoms with Crippen LogP contribution in [0.25, 0.3) is 0 Å². The summed E-state index contributed by atoms with van der Waals surface area (Å²) in [5.41, 5.74) is 0.251. The van der Waals surface area contributed by atoms with Crippen molar-refractivity contribution in [2.24, 2.45) is 0 Å². The SMILES string of the molecule is CCCCc1nnc(NC(=O)c2cc(S(=O)(=O)N3CCCC3)ccc2Br)s1. The van der Waals surface area contributed by atoms with Gasteiger partial charge in [-0.1, -0.05) is 24.7 Å². The molecule has 1 N–H and O–H groups in total. The third-order valence-electron chi connectivity index (χ3n) is 4.32. The number of hydrogen-bond acceptors (Lipinski definition) is 6. The number of carbonyl (C=O) groups excluding carboxylic acids is 1. The van der Waals surface area contributed by atoms with Gasteiger partial charge in [-0.25, -0.2) is 8.42 Å². The lowest BCUT2D eigenvalue weighted by molar-refractivity contribution is 0.102. The number of hydrogen-bond donors (Lipinski definition) is 1. The predicted molar refractivity (Wildman–Crippen MR) is 109 cm³/mol. The molecule has 0 atom stereocenters. The molecule has 1 fully saturated rings. The van der Waals surface area contributed by atoms with E-state index < -0.39 is 15.9 Å². The van der Waals surface area contributed by atoms with Crippen LogP contribution in [0.4, 0.5) is 5.13 Å². The second-order valence-electron chi connectivity index (χ2n) is 6.31. The minimum atomic E-state index is -3.58. The Bertz CT molecular complexity index is 924. The molecule has 3 rings (SSSR count). The molecule has 0 unspecified atom stereocenters. The van der Waals surface area contributed by atoms with Crippen molar-refractivity contribution >= 4 is 48.3 Å². The first-order chi connectivity index (χ1) is 12.9. The van der Waals surface area contributed by atoms with Crippen LogP contribution in [0.1, 0.15) is 48.0 Å². The lowest BCUT2D eigenvalue weighted by Crippen LogP contribution is -2.28. The van der Waals surface area contributed by atoms with E-state index >= 15 is 0 Å². The smallest absolute Gasteiger partial charge is 0.258 e. The minimum absolute atomic E-state index is 0.124. The zero-order valence-corrected chi connectivity index (χ0v) is 18.2. The number of benzene rings is 1. The van der Waals surface area contributed by atoms with Crippen LogP contribution in [0.5, 0.6) is 0 Å². The third-order valence-corrected chi connectivity index (χ3v) is 7.80. The lowest BCUT2D eigenvalue weighted by atomic mass is 10.2. The summed E-state index contributed by atoms with van der Waals surface area (Å²) in [4.78, 5) is 12.8. The standard InChI is InChI=1S/C17H21BrN4O3S2/c1-2-3-6-15-20-21-17(26-15)19-16(23)13-11-12(7-8-14(13)18)27(24,25)22-9-4-5-10-22/h7-8,11H,2-6,9-10H2,1H3,(H,19,21,23). The second-order valence-corrected chi connectivity index (χ2v) is 10.2. The van der Waals surface area contributed by atoms with Gasteiger partial charge in [0.05, 0.1) is 10.5 Å². The molecule has 2 aromatic rings. The van der Waals surface area contributed by atoms with E-state index in [4.69, 9.17) is 0 Å². The van der Waals surface area contributed by atoms with Crippen molar-refractivity contribution in [2.75, 3.05) is 18.4 Å². The summed E-state index contributed by atoms with van der Waals surface area (Å²) in [6.45, 7) is 3.14. The Morgan fingerprint density at radius 3 is 2.74 bits per heavy atom. The molecule has 10 heteroatoms. The Morgan fingerprint density at radius 2 is 2.04 bits per heavy atom. The molecule has 0 aliphatic carbocycles. The summed E-state index contributed by atoms with van der Waals surface area (Å²) in [5.74, 6) is -0.418. The van der Waals surface area contributed by atoms with Crippen LogP contribution in [-0.4, -0.2) is 41.9 Å². The fraction of sp³-hybridized carbons (Fsp3) is 0.471. The number of sulfonamides is 1. The largest absolute Gasteiger partial charge is 0.296 e. The molecule has 1 aliphatic rings. The number of amides is 1. The van der Waals surface area contributed by atoms with Gasteiger partial charge in [-0.05, 0) is 53.4 Å². The maximum atomic E-state index is 12.7. The molecule has 1 saturated heterocycles. The van der Waals surface area contributed by atoms with Crippen molar-refractivity contribution in [3.63, 3.8) is 0 Å². The summed E-state index contributed by atoms with van der Waals surface area (Å²) in [6, 6.07) is 4.51. The fourth-order valence-corrected chi connectivity index (χ4v) is 5.56. The Balaban J connectivity index is 1.79. The van der Waals surface area contributed by atoms with Gasteiger partial charge in [-0.3, -0.25) is 10.1 Å². The van der Waals surface area contributed by atoms with Gasteiger partial charge in [0.15, 0.2) is 0 Å². The average Bonchev–Trinajstić information content (AvgIpc) is 3.32. The number of aromatic nitrogens is 2. The van der Waals surface area contributed by atoms with Crippen LogP contribution >= 0.6 is 27.3 Å². The Kier molecular flexibility index (Phi) is 6.61. The molecule has 0 bridgehead atoms. The monoisotopic (exact) mass is 472 g/mol. The molecule has 0 radical (unpaired) electrons. The van der Waals surface area contributed by atoms with Gasteiger partial charge in [0.2, 0.25) is 15.2 Å². The molecule has 146 valence electrons. The Labute approximate surface area is 171 Å². The van der Waals surface area contributed by atoms with E-state index in [-0.39, 0.29) is 10.5 Å². The molecule has 0 spiro atoms. The normalized spacial score (nSPS) is 15.2. The number of nitrogens with one attached hydrogen (secondary N) is 1. The molecule has 7 nitrogen and oxygen atoms in total. The summed E-state index contributed by atoms with van der Waals surface area (Å²) >= 11 is 4.67. The highest BCUT2D eigenvalue weighted by atomic mass is 79.9. The van der Waals surface area contributed by atoms with E-state index in [1.165, 1.54) is 27.8 Å². The highest BCUT2D eigenvalue weighted by Gasteiger charge is 2.28. The second kappa shape index (κ2) is 8.76. The van der Waals surface area contributed by atoms with Crippen molar-refractivity contribution in [1.82, 2.24) is 14.5 Å². The van der Waals surface area contributed by atoms with Crippen molar-refractivity contribution in [3.05, 3.63) is 33.2 Å². The molecule has 1 aliphatic heterocycles. The Morgan fingerprint density at radius 1 is 1.30 bits per heavy atom. The maximum Gasteiger partial charge on any atom is 0.258 e.